The first-order valence-electron chi connectivity index (χ1n) is 5.65. The zero-order valence-electron chi connectivity index (χ0n) is 9.94. The molecule has 1 fully saturated rings. The number of morpholine rings is 1. The Morgan fingerprint density at radius 1 is 1.56 bits per heavy atom. The fourth-order valence-electron chi connectivity index (χ4n) is 1.97. The van der Waals surface area contributed by atoms with Gasteiger partial charge in [-0.25, -0.2) is 4.98 Å². The molecule has 0 amide bonds. The fraction of sp³-hybridized carbons (Fsp3) is 0.583. The summed E-state index contributed by atoms with van der Waals surface area (Å²) in [5, 5.41) is 0. The summed E-state index contributed by atoms with van der Waals surface area (Å²) in [5.41, 5.74) is 6.65. The Kier molecular flexibility index (Phi) is 3.12. The van der Waals surface area contributed by atoms with Crippen molar-refractivity contribution < 1.29 is 4.74 Å². The van der Waals surface area contributed by atoms with Crippen LogP contribution in [0, 0.1) is 0 Å². The van der Waals surface area contributed by atoms with Crippen LogP contribution in [0.15, 0.2) is 18.3 Å². The number of aromatic nitrogens is 1. The predicted octanol–water partition coefficient (Wildman–Crippen LogP) is 1.16. The van der Waals surface area contributed by atoms with E-state index >= 15 is 0 Å². The van der Waals surface area contributed by atoms with Crippen molar-refractivity contribution in [3.05, 3.63) is 23.9 Å². The van der Waals surface area contributed by atoms with Crippen LogP contribution in [0.3, 0.4) is 0 Å². The minimum absolute atomic E-state index is 0.0986. The monoisotopic (exact) mass is 221 g/mol. The normalized spacial score (nSPS) is 19.8. The highest BCUT2D eigenvalue weighted by atomic mass is 16.5. The van der Waals surface area contributed by atoms with Crippen molar-refractivity contribution in [2.75, 3.05) is 24.6 Å². The molecule has 16 heavy (non-hydrogen) atoms. The molecule has 1 saturated heterocycles. The van der Waals surface area contributed by atoms with Crippen molar-refractivity contribution in [3.63, 3.8) is 0 Å². The van der Waals surface area contributed by atoms with Gasteiger partial charge in [0, 0.05) is 25.8 Å². The maximum absolute atomic E-state index is 5.68. The van der Waals surface area contributed by atoms with Crippen LogP contribution in [-0.2, 0) is 11.3 Å². The third-order valence-electron chi connectivity index (χ3n) is 2.80. The maximum atomic E-state index is 5.68. The van der Waals surface area contributed by atoms with Gasteiger partial charge in [0.15, 0.2) is 0 Å². The van der Waals surface area contributed by atoms with Gasteiger partial charge in [-0.2, -0.15) is 0 Å². The van der Waals surface area contributed by atoms with E-state index in [-0.39, 0.29) is 5.60 Å². The first-order valence-corrected chi connectivity index (χ1v) is 5.65. The molecule has 0 unspecified atom stereocenters. The highest BCUT2D eigenvalue weighted by Gasteiger charge is 2.27. The van der Waals surface area contributed by atoms with Crippen molar-refractivity contribution in [2.45, 2.75) is 26.0 Å². The van der Waals surface area contributed by atoms with E-state index in [0.29, 0.717) is 6.54 Å². The Bertz CT molecular complexity index is 365. The molecule has 0 radical (unpaired) electrons. The summed E-state index contributed by atoms with van der Waals surface area (Å²) in [7, 11) is 0. The van der Waals surface area contributed by atoms with Gasteiger partial charge in [0.05, 0.1) is 12.2 Å². The van der Waals surface area contributed by atoms with E-state index in [1.165, 1.54) is 0 Å². The van der Waals surface area contributed by atoms with Gasteiger partial charge in [-0.15, -0.1) is 0 Å². The molecule has 1 aromatic rings. The van der Waals surface area contributed by atoms with Gasteiger partial charge in [0.1, 0.15) is 5.82 Å². The Morgan fingerprint density at radius 2 is 2.38 bits per heavy atom. The van der Waals surface area contributed by atoms with Crippen LogP contribution in [0.1, 0.15) is 19.4 Å². The van der Waals surface area contributed by atoms with Gasteiger partial charge in [-0.05, 0) is 31.5 Å². The van der Waals surface area contributed by atoms with Crippen molar-refractivity contribution in [3.8, 4) is 0 Å². The first-order chi connectivity index (χ1) is 7.61. The summed E-state index contributed by atoms with van der Waals surface area (Å²) in [6.07, 6.45) is 1.82. The van der Waals surface area contributed by atoms with Gasteiger partial charge in [0.25, 0.3) is 0 Å². The number of rotatable bonds is 2. The lowest BCUT2D eigenvalue weighted by Gasteiger charge is -2.38. The number of nitrogens with two attached hydrogens (primary N) is 1. The summed E-state index contributed by atoms with van der Waals surface area (Å²) < 4.78 is 5.68. The minimum atomic E-state index is -0.0986. The molecule has 0 spiro atoms. The molecular formula is C12H19N3O. The molecule has 4 heteroatoms. The molecule has 2 rings (SSSR count). The Balaban J connectivity index is 2.16. The predicted molar refractivity (Wildman–Crippen MR) is 64.4 cm³/mol. The topological polar surface area (TPSA) is 51.4 Å². The number of hydrogen-bond donors (Lipinski definition) is 1. The third-order valence-corrected chi connectivity index (χ3v) is 2.80. The Hall–Kier alpha value is -1.13. The molecule has 1 aliphatic rings. The quantitative estimate of drug-likeness (QED) is 0.814. The molecule has 88 valence electrons. The van der Waals surface area contributed by atoms with Crippen molar-refractivity contribution in [1.29, 1.82) is 0 Å². The van der Waals surface area contributed by atoms with Gasteiger partial charge in [-0.1, -0.05) is 0 Å². The van der Waals surface area contributed by atoms with E-state index in [0.717, 1.165) is 31.1 Å². The van der Waals surface area contributed by atoms with Crippen LogP contribution >= 0.6 is 0 Å². The minimum Gasteiger partial charge on any atom is -0.372 e. The van der Waals surface area contributed by atoms with Crippen LogP contribution in [0.2, 0.25) is 0 Å². The third kappa shape index (κ3) is 2.51. The standard InChI is InChI=1S/C12H19N3O/c1-12(2)9-15(5-6-16-12)11-7-10(8-13)3-4-14-11/h3-4,7H,5-6,8-9,13H2,1-2H3. The lowest BCUT2D eigenvalue weighted by atomic mass is 10.1. The molecule has 0 aliphatic carbocycles. The average molecular weight is 221 g/mol. The van der Waals surface area contributed by atoms with Crippen LogP contribution in [0.25, 0.3) is 0 Å². The molecular weight excluding hydrogens is 202 g/mol. The molecule has 0 atom stereocenters. The van der Waals surface area contributed by atoms with Crippen LogP contribution in [0.4, 0.5) is 5.82 Å². The Labute approximate surface area is 96.4 Å². The van der Waals surface area contributed by atoms with Gasteiger partial charge in [0.2, 0.25) is 0 Å². The van der Waals surface area contributed by atoms with Crippen LogP contribution in [-0.4, -0.2) is 30.3 Å². The highest BCUT2D eigenvalue weighted by Crippen LogP contribution is 2.21. The number of nitrogens with zero attached hydrogens (tertiary/aromatic N) is 2. The summed E-state index contributed by atoms with van der Waals surface area (Å²) in [6, 6.07) is 4.01. The number of pyridine rings is 1. The lowest BCUT2D eigenvalue weighted by Crippen LogP contribution is -2.48. The van der Waals surface area contributed by atoms with E-state index in [9.17, 15) is 0 Å². The molecule has 1 aromatic heterocycles. The molecule has 4 nitrogen and oxygen atoms in total. The van der Waals surface area contributed by atoms with E-state index in [2.05, 4.69) is 29.8 Å². The second-order valence-electron chi connectivity index (χ2n) is 4.76. The smallest absolute Gasteiger partial charge is 0.128 e. The van der Waals surface area contributed by atoms with E-state index in [1.807, 2.05) is 12.3 Å². The number of hydrogen-bond acceptors (Lipinski definition) is 4. The van der Waals surface area contributed by atoms with Crippen molar-refractivity contribution >= 4 is 5.82 Å². The maximum Gasteiger partial charge on any atom is 0.128 e. The molecule has 2 N–H and O–H groups in total. The largest absolute Gasteiger partial charge is 0.372 e. The second kappa shape index (κ2) is 4.39. The highest BCUT2D eigenvalue weighted by molar-refractivity contribution is 5.41. The zero-order valence-corrected chi connectivity index (χ0v) is 9.94. The van der Waals surface area contributed by atoms with E-state index in [1.54, 1.807) is 0 Å². The summed E-state index contributed by atoms with van der Waals surface area (Å²) in [5.74, 6) is 0.999. The Morgan fingerprint density at radius 3 is 3.06 bits per heavy atom. The lowest BCUT2D eigenvalue weighted by molar-refractivity contribution is -0.0279. The summed E-state index contributed by atoms with van der Waals surface area (Å²) in [4.78, 5) is 6.64. The van der Waals surface area contributed by atoms with Crippen LogP contribution < -0.4 is 10.6 Å². The molecule has 0 aromatic carbocycles. The molecule has 1 aliphatic heterocycles. The van der Waals surface area contributed by atoms with Gasteiger partial charge in [-0.3, -0.25) is 0 Å². The summed E-state index contributed by atoms with van der Waals surface area (Å²) >= 11 is 0. The number of anilines is 1. The average Bonchev–Trinajstić information content (AvgIpc) is 2.28. The molecule has 0 bridgehead atoms. The fourth-order valence-corrected chi connectivity index (χ4v) is 1.97. The van der Waals surface area contributed by atoms with Crippen molar-refractivity contribution in [2.24, 2.45) is 5.73 Å². The molecule has 0 saturated carbocycles. The van der Waals surface area contributed by atoms with Gasteiger partial charge >= 0.3 is 0 Å². The first kappa shape index (κ1) is 11.4. The van der Waals surface area contributed by atoms with Crippen molar-refractivity contribution in [1.82, 2.24) is 4.98 Å². The zero-order chi connectivity index (χ0) is 11.6. The number of ether oxygens (including phenoxy) is 1. The SMILES string of the molecule is CC1(C)CN(c2cc(CN)ccn2)CCO1. The second-order valence-corrected chi connectivity index (χ2v) is 4.76. The van der Waals surface area contributed by atoms with Gasteiger partial charge < -0.3 is 15.4 Å². The van der Waals surface area contributed by atoms with E-state index in [4.69, 9.17) is 10.5 Å². The molecule has 2 heterocycles. The summed E-state index contributed by atoms with van der Waals surface area (Å²) in [6.45, 7) is 7.28. The van der Waals surface area contributed by atoms with E-state index < -0.39 is 0 Å². The van der Waals surface area contributed by atoms with Crippen LogP contribution in [0.5, 0.6) is 0 Å².